The molecule has 6 rings (SSSR count). The number of hydrogen-bond acceptors (Lipinski definition) is 14. The Hall–Kier alpha value is -4.24. The number of carbonyl (C=O) groups excluding carboxylic acids is 2. The van der Waals surface area contributed by atoms with Gasteiger partial charge in [0.05, 0.1) is 54.0 Å². The topological polar surface area (TPSA) is 138 Å². The minimum Gasteiger partial charge on any atom is -0.457 e. The summed E-state index contributed by atoms with van der Waals surface area (Å²) in [6.45, 7) is 2.70. The fourth-order valence-corrected chi connectivity index (χ4v) is 9.64. The molecule has 2 atom stereocenters. The van der Waals surface area contributed by atoms with Gasteiger partial charge in [-0.25, -0.2) is 9.97 Å². The number of nitrogens with zero attached hydrogens (tertiary/aromatic N) is 4. The first-order valence-corrected chi connectivity index (χ1v) is 18.1. The van der Waals surface area contributed by atoms with E-state index in [0.717, 1.165) is 62.8 Å². The van der Waals surface area contributed by atoms with Crippen molar-refractivity contribution >= 4 is 79.4 Å². The molecule has 0 amide bonds. The fourth-order valence-electron chi connectivity index (χ4n) is 5.22. The van der Waals surface area contributed by atoms with Crippen molar-refractivity contribution in [3.05, 3.63) is 88.4 Å². The molecule has 2 unspecified atom stereocenters. The lowest BCUT2D eigenvalue weighted by molar-refractivity contribution is -0.147. The zero-order valence-corrected chi connectivity index (χ0v) is 28.6. The van der Waals surface area contributed by atoms with E-state index in [2.05, 4.69) is 9.97 Å². The van der Waals surface area contributed by atoms with Crippen LogP contribution in [0.15, 0.2) is 70.5 Å². The van der Waals surface area contributed by atoms with Crippen LogP contribution in [0.4, 0.5) is 0 Å². The van der Waals surface area contributed by atoms with Gasteiger partial charge in [0.15, 0.2) is 0 Å². The summed E-state index contributed by atoms with van der Waals surface area (Å²) < 4.78 is 11.2. The first kappa shape index (κ1) is 32.7. The molecule has 0 saturated heterocycles. The monoisotopic (exact) mass is 704 g/mol. The Labute approximate surface area is 284 Å². The Balaban J connectivity index is 1.16. The van der Waals surface area contributed by atoms with Crippen molar-refractivity contribution in [1.29, 1.82) is 0 Å². The number of carbonyl (C=O) groups is 2. The second-order valence-electron chi connectivity index (χ2n) is 10.6. The second kappa shape index (κ2) is 14.7. The van der Waals surface area contributed by atoms with E-state index in [-0.39, 0.29) is 8.11 Å². The molecule has 4 heterocycles. The minimum atomic E-state index is -0.621. The molecule has 2 aromatic carbocycles. The lowest BCUT2D eigenvalue weighted by Crippen LogP contribution is -2.10. The molecule has 6 aromatic rings. The minimum absolute atomic E-state index is 0.118. The summed E-state index contributed by atoms with van der Waals surface area (Å²) in [7, 11) is 0. The summed E-state index contributed by atoms with van der Waals surface area (Å²) in [6, 6.07) is 15.0. The highest BCUT2D eigenvalue weighted by Gasteiger charge is 2.26. The van der Waals surface area contributed by atoms with Crippen molar-refractivity contribution in [1.82, 2.24) is 19.9 Å². The van der Waals surface area contributed by atoms with Gasteiger partial charge in [-0.1, -0.05) is 76.0 Å². The molecule has 0 fully saturated rings. The van der Waals surface area contributed by atoms with Gasteiger partial charge in [-0.2, -0.15) is 0 Å². The Morgan fingerprint density at radius 3 is 1.43 bits per heavy atom. The van der Waals surface area contributed by atoms with Crippen molar-refractivity contribution in [2.24, 2.45) is 0 Å². The molecular weight excluding hydrogens is 677 g/mol. The summed E-state index contributed by atoms with van der Waals surface area (Å²) in [4.78, 5) is 70.4. The number of aromatic nitrogens is 4. The molecule has 0 radical (unpaired) electrons. The number of para-hydroxylation sites is 4. The van der Waals surface area contributed by atoms with E-state index in [4.69, 9.17) is 19.4 Å². The normalized spacial score (nSPS) is 12.6. The maximum atomic E-state index is 12.6. The molecule has 240 valence electrons. The van der Waals surface area contributed by atoms with Crippen molar-refractivity contribution in [2.45, 2.75) is 58.2 Å². The Kier molecular flexibility index (Phi) is 10.2. The molecule has 0 aliphatic rings. The third-order valence-corrected chi connectivity index (χ3v) is 11.8. The largest absolute Gasteiger partial charge is 0.457 e. The average Bonchev–Trinajstić information content (AvgIpc) is 3.65. The standard InChI is InChI=1S/C33H28N4O6S4/c1-18(38)42-26(30-28(44-32(40)46-30)24-16-34-20-10-6-8-12-22(20)36-24)14-4-3-5-15-27(43-19(2)39)31-29(45-33(41)47-31)25-17-35-21-11-7-9-13-23(21)37-25/h6-13,16-17,26-27H,3-5,14-15H2,1-2H3. The smallest absolute Gasteiger partial charge is 0.303 e. The van der Waals surface area contributed by atoms with Gasteiger partial charge in [-0.3, -0.25) is 29.1 Å². The number of rotatable bonds is 12. The van der Waals surface area contributed by atoms with Crippen molar-refractivity contribution in [3.63, 3.8) is 0 Å². The lowest BCUT2D eigenvalue weighted by Gasteiger charge is -2.18. The number of benzene rings is 2. The lowest BCUT2D eigenvalue weighted by atomic mass is 10.0. The van der Waals surface area contributed by atoms with Gasteiger partial charge in [0, 0.05) is 13.8 Å². The summed E-state index contributed by atoms with van der Waals surface area (Å²) in [5.74, 6) is -0.883. The Morgan fingerprint density at radius 2 is 1.02 bits per heavy atom. The SMILES string of the molecule is CC(=O)OC(CCCCCC(OC(C)=O)c1sc(=O)sc1-c1cnc2ccccc2n1)c1sc(=O)sc1-c1cnc2ccccc2n1. The predicted molar refractivity (Wildman–Crippen MR) is 186 cm³/mol. The van der Waals surface area contributed by atoms with Gasteiger partial charge < -0.3 is 9.47 Å². The molecule has 0 spiro atoms. The zero-order chi connectivity index (χ0) is 32.9. The fraction of sp³-hybridized carbons (Fsp3) is 0.273. The van der Waals surface area contributed by atoms with E-state index in [1.54, 1.807) is 12.4 Å². The quantitative estimate of drug-likeness (QED) is 0.0919. The first-order chi connectivity index (χ1) is 22.7. The molecule has 0 aliphatic carbocycles. The van der Waals surface area contributed by atoms with Crippen LogP contribution in [0.2, 0.25) is 0 Å². The van der Waals surface area contributed by atoms with Crippen LogP contribution >= 0.6 is 45.3 Å². The highest BCUT2D eigenvalue weighted by molar-refractivity contribution is 7.30. The van der Waals surface area contributed by atoms with Crippen LogP contribution in [0.1, 0.15) is 67.9 Å². The third kappa shape index (κ3) is 7.84. The van der Waals surface area contributed by atoms with E-state index in [0.29, 0.717) is 67.6 Å². The molecule has 0 bridgehead atoms. The number of hydrogen-bond donors (Lipinski definition) is 0. The van der Waals surface area contributed by atoms with Gasteiger partial charge >= 0.3 is 11.9 Å². The zero-order valence-electron chi connectivity index (χ0n) is 25.3. The van der Waals surface area contributed by atoms with Crippen molar-refractivity contribution < 1.29 is 19.1 Å². The molecule has 14 heteroatoms. The van der Waals surface area contributed by atoms with E-state index < -0.39 is 24.1 Å². The van der Waals surface area contributed by atoms with E-state index >= 15 is 0 Å². The van der Waals surface area contributed by atoms with Crippen molar-refractivity contribution in [2.75, 3.05) is 0 Å². The van der Waals surface area contributed by atoms with Crippen LogP contribution in [0.3, 0.4) is 0 Å². The van der Waals surface area contributed by atoms with Gasteiger partial charge in [0.25, 0.3) is 8.11 Å². The average molecular weight is 705 g/mol. The maximum absolute atomic E-state index is 12.6. The summed E-state index contributed by atoms with van der Waals surface area (Å²) in [6.07, 6.45) is 5.09. The van der Waals surface area contributed by atoms with Crippen LogP contribution in [0.25, 0.3) is 43.2 Å². The molecule has 0 saturated carbocycles. The summed E-state index contributed by atoms with van der Waals surface area (Å²) in [5.41, 5.74) is 4.03. The van der Waals surface area contributed by atoms with Crippen molar-refractivity contribution in [3.8, 4) is 21.1 Å². The van der Waals surface area contributed by atoms with Crippen LogP contribution < -0.4 is 8.11 Å². The highest BCUT2D eigenvalue weighted by atomic mass is 32.2. The molecular formula is C33H28N4O6S4. The molecule has 47 heavy (non-hydrogen) atoms. The molecule has 0 aliphatic heterocycles. The van der Waals surface area contributed by atoms with Gasteiger partial charge in [-0.15, -0.1) is 0 Å². The number of ether oxygens (including phenoxy) is 2. The number of esters is 2. The van der Waals surface area contributed by atoms with Crippen LogP contribution in [-0.2, 0) is 19.1 Å². The van der Waals surface area contributed by atoms with E-state index in [1.807, 2.05) is 48.5 Å². The Bertz CT molecular complexity index is 2040. The van der Waals surface area contributed by atoms with Crippen LogP contribution in [0, 0.1) is 0 Å². The maximum Gasteiger partial charge on any atom is 0.303 e. The van der Waals surface area contributed by atoms with Gasteiger partial charge in [0.1, 0.15) is 23.6 Å². The molecule has 4 aromatic heterocycles. The summed E-state index contributed by atoms with van der Waals surface area (Å²) >= 11 is 4.27. The highest BCUT2D eigenvalue weighted by Crippen LogP contribution is 2.39. The predicted octanol–water partition coefficient (Wildman–Crippen LogP) is 7.73. The molecule has 0 N–H and O–H groups in total. The van der Waals surface area contributed by atoms with Crippen LogP contribution in [-0.4, -0.2) is 31.9 Å². The summed E-state index contributed by atoms with van der Waals surface area (Å²) in [5, 5.41) is 0. The van der Waals surface area contributed by atoms with Gasteiger partial charge in [-0.05, 0) is 49.9 Å². The van der Waals surface area contributed by atoms with E-state index in [1.165, 1.54) is 13.8 Å². The molecule has 10 nitrogen and oxygen atoms in total. The number of fused-ring (bicyclic) bond motifs is 2. The number of unbranched alkanes of at least 4 members (excludes halogenated alkanes) is 2. The van der Waals surface area contributed by atoms with Crippen LogP contribution in [0.5, 0.6) is 0 Å². The third-order valence-electron chi connectivity index (χ3n) is 7.20. The second-order valence-corrected chi connectivity index (χ2v) is 15.1. The van der Waals surface area contributed by atoms with Gasteiger partial charge in [0.2, 0.25) is 0 Å². The van der Waals surface area contributed by atoms with E-state index in [9.17, 15) is 19.2 Å². The Morgan fingerprint density at radius 1 is 0.617 bits per heavy atom. The first-order valence-electron chi connectivity index (χ1n) is 14.8.